The van der Waals surface area contributed by atoms with Gasteiger partial charge in [0.1, 0.15) is 6.04 Å². The summed E-state index contributed by atoms with van der Waals surface area (Å²) in [5.74, 6) is -0.335. The number of carbonyl (C=O) groups is 1. The molecule has 7 heteroatoms. The Balaban J connectivity index is 2.34. The summed E-state index contributed by atoms with van der Waals surface area (Å²) >= 11 is 6.03. The van der Waals surface area contributed by atoms with Gasteiger partial charge in [-0.05, 0) is 36.6 Å². The second-order valence-corrected chi connectivity index (χ2v) is 8.64. The zero-order chi connectivity index (χ0) is 20.0. The van der Waals surface area contributed by atoms with Crippen LogP contribution in [0.2, 0.25) is 5.02 Å². The molecule has 0 saturated carbocycles. The van der Waals surface area contributed by atoms with Crippen LogP contribution in [0.4, 0.5) is 5.69 Å². The standard InChI is InChI=1S/C20H25ClN2O3S/c1-4-18(15-10-7-6-8-11-15)22-20(24)19(5-2)23(27(3,25)26)17-13-9-12-16(21)14-17/h6-14,18-19H,4-5H2,1-3H3,(H,22,24)/t18-,19-/m1/s1. The number of halogens is 1. The summed E-state index contributed by atoms with van der Waals surface area (Å²) in [6, 6.07) is 15.1. The predicted molar refractivity (Wildman–Crippen MR) is 110 cm³/mol. The number of hydrogen-bond donors (Lipinski definition) is 1. The van der Waals surface area contributed by atoms with E-state index < -0.39 is 16.1 Å². The van der Waals surface area contributed by atoms with E-state index in [1.165, 1.54) is 0 Å². The topological polar surface area (TPSA) is 66.5 Å². The summed E-state index contributed by atoms with van der Waals surface area (Å²) in [5, 5.41) is 3.40. The van der Waals surface area contributed by atoms with Crippen molar-refractivity contribution in [3.63, 3.8) is 0 Å². The highest BCUT2D eigenvalue weighted by Crippen LogP contribution is 2.26. The lowest BCUT2D eigenvalue weighted by Gasteiger charge is -2.31. The van der Waals surface area contributed by atoms with Crippen LogP contribution in [0, 0.1) is 0 Å². The van der Waals surface area contributed by atoms with E-state index >= 15 is 0 Å². The maximum atomic E-state index is 13.0. The molecule has 27 heavy (non-hydrogen) atoms. The van der Waals surface area contributed by atoms with Crippen LogP contribution in [0.15, 0.2) is 54.6 Å². The van der Waals surface area contributed by atoms with Gasteiger partial charge in [-0.3, -0.25) is 9.10 Å². The van der Waals surface area contributed by atoms with E-state index in [1.54, 1.807) is 31.2 Å². The van der Waals surface area contributed by atoms with E-state index in [4.69, 9.17) is 11.6 Å². The first-order chi connectivity index (χ1) is 12.8. The summed E-state index contributed by atoms with van der Waals surface area (Å²) < 4.78 is 26.1. The van der Waals surface area contributed by atoms with E-state index in [9.17, 15) is 13.2 Å². The largest absolute Gasteiger partial charge is 0.347 e. The molecule has 0 aliphatic rings. The lowest BCUT2D eigenvalue weighted by molar-refractivity contribution is -0.123. The molecule has 0 spiro atoms. The molecule has 2 atom stereocenters. The molecule has 0 radical (unpaired) electrons. The van der Waals surface area contributed by atoms with Gasteiger partial charge in [-0.25, -0.2) is 8.42 Å². The lowest BCUT2D eigenvalue weighted by atomic mass is 10.0. The minimum absolute atomic E-state index is 0.187. The van der Waals surface area contributed by atoms with Gasteiger partial charge in [0, 0.05) is 5.02 Å². The van der Waals surface area contributed by atoms with Crippen LogP contribution in [0.5, 0.6) is 0 Å². The molecule has 2 aromatic rings. The first kappa shape index (κ1) is 21.3. The monoisotopic (exact) mass is 408 g/mol. The second kappa shape index (κ2) is 9.24. The molecule has 1 N–H and O–H groups in total. The maximum Gasteiger partial charge on any atom is 0.244 e. The SMILES string of the molecule is CC[C@H](C(=O)N[C@H](CC)c1ccccc1)N(c1cccc(Cl)c1)S(C)(=O)=O. The fraction of sp³-hybridized carbons (Fsp3) is 0.350. The molecule has 1 amide bonds. The highest BCUT2D eigenvalue weighted by molar-refractivity contribution is 7.92. The van der Waals surface area contributed by atoms with Crippen LogP contribution in [0.3, 0.4) is 0 Å². The molecule has 0 aromatic heterocycles. The Bertz CT molecular complexity index is 872. The van der Waals surface area contributed by atoms with Gasteiger partial charge in [0.05, 0.1) is 18.0 Å². The van der Waals surface area contributed by atoms with Crippen molar-refractivity contribution in [1.82, 2.24) is 5.32 Å². The van der Waals surface area contributed by atoms with E-state index in [1.807, 2.05) is 37.3 Å². The molecular formula is C20H25ClN2O3S. The summed E-state index contributed by atoms with van der Waals surface area (Å²) in [6.45, 7) is 3.76. The minimum atomic E-state index is -3.68. The Labute approximate surface area is 166 Å². The molecule has 0 fully saturated rings. The summed E-state index contributed by atoms with van der Waals surface area (Å²) in [6.07, 6.45) is 2.12. The van der Waals surface area contributed by atoms with Crippen LogP contribution in [0.25, 0.3) is 0 Å². The third-order valence-corrected chi connectivity index (χ3v) is 5.73. The number of sulfonamides is 1. The fourth-order valence-corrected chi connectivity index (χ4v) is 4.44. The van der Waals surface area contributed by atoms with Crippen molar-refractivity contribution < 1.29 is 13.2 Å². The van der Waals surface area contributed by atoms with E-state index in [0.717, 1.165) is 16.1 Å². The third kappa shape index (κ3) is 5.47. The van der Waals surface area contributed by atoms with Crippen molar-refractivity contribution >= 4 is 33.2 Å². The van der Waals surface area contributed by atoms with Crippen molar-refractivity contribution in [2.75, 3.05) is 10.6 Å². The molecular weight excluding hydrogens is 384 g/mol. The molecule has 0 bridgehead atoms. The van der Waals surface area contributed by atoms with Gasteiger partial charge in [-0.15, -0.1) is 0 Å². The van der Waals surface area contributed by atoms with Crippen molar-refractivity contribution in [1.29, 1.82) is 0 Å². The van der Waals surface area contributed by atoms with Crippen molar-refractivity contribution in [3.8, 4) is 0 Å². The van der Waals surface area contributed by atoms with Gasteiger partial charge >= 0.3 is 0 Å². The third-order valence-electron chi connectivity index (χ3n) is 4.32. The molecule has 0 heterocycles. The number of benzene rings is 2. The number of hydrogen-bond acceptors (Lipinski definition) is 3. The Kier molecular flexibility index (Phi) is 7.27. The maximum absolute atomic E-state index is 13.0. The number of carbonyl (C=O) groups excluding carboxylic acids is 1. The minimum Gasteiger partial charge on any atom is -0.347 e. The van der Waals surface area contributed by atoms with Gasteiger partial charge in [-0.1, -0.05) is 61.8 Å². The van der Waals surface area contributed by atoms with Crippen LogP contribution in [-0.2, 0) is 14.8 Å². The predicted octanol–water partition coefficient (Wildman–Crippen LogP) is 4.15. The Morgan fingerprint density at radius 1 is 1.07 bits per heavy atom. The van der Waals surface area contributed by atoms with Crippen LogP contribution in [-0.4, -0.2) is 26.6 Å². The summed E-state index contributed by atoms with van der Waals surface area (Å²) in [4.78, 5) is 13.0. The fourth-order valence-electron chi connectivity index (χ4n) is 3.05. The number of rotatable bonds is 8. The van der Waals surface area contributed by atoms with Crippen molar-refractivity contribution in [2.45, 2.75) is 38.8 Å². The van der Waals surface area contributed by atoms with Crippen LogP contribution in [0.1, 0.15) is 38.3 Å². The highest BCUT2D eigenvalue weighted by atomic mass is 35.5. The van der Waals surface area contributed by atoms with E-state index in [-0.39, 0.29) is 11.9 Å². The van der Waals surface area contributed by atoms with Gasteiger partial charge < -0.3 is 5.32 Å². The first-order valence-corrected chi connectivity index (χ1v) is 11.1. The average Bonchev–Trinajstić information content (AvgIpc) is 2.63. The summed E-state index contributed by atoms with van der Waals surface area (Å²) in [5.41, 5.74) is 1.36. The van der Waals surface area contributed by atoms with Gasteiger partial charge in [0.25, 0.3) is 0 Å². The Morgan fingerprint density at radius 3 is 2.26 bits per heavy atom. The molecule has 5 nitrogen and oxygen atoms in total. The number of nitrogens with zero attached hydrogens (tertiary/aromatic N) is 1. The zero-order valence-corrected chi connectivity index (χ0v) is 17.3. The molecule has 0 aliphatic heterocycles. The number of nitrogens with one attached hydrogen (secondary N) is 1. The quantitative estimate of drug-likeness (QED) is 0.713. The number of amides is 1. The zero-order valence-electron chi connectivity index (χ0n) is 15.7. The average molecular weight is 409 g/mol. The normalized spacial score (nSPS) is 13.6. The van der Waals surface area contributed by atoms with E-state index in [2.05, 4.69) is 5.32 Å². The van der Waals surface area contributed by atoms with E-state index in [0.29, 0.717) is 23.6 Å². The van der Waals surface area contributed by atoms with Crippen LogP contribution < -0.4 is 9.62 Å². The lowest BCUT2D eigenvalue weighted by Crippen LogP contribution is -2.50. The van der Waals surface area contributed by atoms with Gasteiger partial charge in [0.2, 0.25) is 15.9 Å². The Hall–Kier alpha value is -2.05. The number of anilines is 1. The molecule has 146 valence electrons. The molecule has 0 aliphatic carbocycles. The van der Waals surface area contributed by atoms with Crippen molar-refractivity contribution in [3.05, 3.63) is 65.2 Å². The Morgan fingerprint density at radius 2 is 1.74 bits per heavy atom. The van der Waals surface area contributed by atoms with Crippen molar-refractivity contribution in [2.24, 2.45) is 0 Å². The van der Waals surface area contributed by atoms with Gasteiger partial charge in [0.15, 0.2) is 0 Å². The molecule has 0 unspecified atom stereocenters. The first-order valence-electron chi connectivity index (χ1n) is 8.88. The van der Waals surface area contributed by atoms with Crippen LogP contribution >= 0.6 is 11.6 Å². The molecule has 2 rings (SSSR count). The second-order valence-electron chi connectivity index (χ2n) is 6.34. The summed E-state index contributed by atoms with van der Waals surface area (Å²) in [7, 11) is -3.68. The highest BCUT2D eigenvalue weighted by Gasteiger charge is 2.32. The smallest absolute Gasteiger partial charge is 0.244 e. The van der Waals surface area contributed by atoms with Gasteiger partial charge in [-0.2, -0.15) is 0 Å². The molecule has 2 aromatic carbocycles. The molecule has 0 saturated heterocycles.